The fraction of sp³-hybridized carbons (Fsp3) is 0.818. The maximum Gasteiger partial charge on any atom is 0.238 e. The summed E-state index contributed by atoms with van der Waals surface area (Å²) in [5.41, 5.74) is 0. The molecule has 5 heteroatoms. The molecule has 0 aromatic heterocycles. The van der Waals surface area contributed by atoms with Gasteiger partial charge in [0, 0.05) is 20.6 Å². The van der Waals surface area contributed by atoms with E-state index in [1.165, 1.54) is 4.90 Å². The van der Waals surface area contributed by atoms with Crippen LogP contribution in [0.25, 0.3) is 0 Å². The zero-order valence-electron chi connectivity index (χ0n) is 10.7. The molecular formula is C11H23N3O2. The molecule has 0 aromatic carbocycles. The minimum absolute atomic E-state index is 0.0265. The number of likely N-dealkylation sites (N-methyl/N-ethyl adjacent to an activating group) is 1. The van der Waals surface area contributed by atoms with E-state index in [1.54, 1.807) is 21.0 Å². The lowest BCUT2D eigenvalue weighted by atomic mass is 10.3. The van der Waals surface area contributed by atoms with Gasteiger partial charge in [-0.3, -0.25) is 14.9 Å². The lowest BCUT2D eigenvalue weighted by Gasteiger charge is -2.17. The zero-order valence-corrected chi connectivity index (χ0v) is 10.7. The van der Waals surface area contributed by atoms with Crippen molar-refractivity contribution in [2.45, 2.75) is 32.7 Å². The van der Waals surface area contributed by atoms with E-state index in [0.717, 1.165) is 12.8 Å². The van der Waals surface area contributed by atoms with Crippen LogP contribution < -0.4 is 10.6 Å². The van der Waals surface area contributed by atoms with Gasteiger partial charge in [-0.25, -0.2) is 0 Å². The van der Waals surface area contributed by atoms with Crippen molar-refractivity contribution in [1.29, 1.82) is 0 Å². The van der Waals surface area contributed by atoms with Gasteiger partial charge in [-0.2, -0.15) is 0 Å². The number of nitrogens with one attached hydrogen (secondary N) is 2. The fourth-order valence-corrected chi connectivity index (χ4v) is 1.19. The van der Waals surface area contributed by atoms with Gasteiger partial charge >= 0.3 is 0 Å². The minimum Gasteiger partial charge on any atom is -0.355 e. The number of hydrogen-bond acceptors (Lipinski definition) is 3. The van der Waals surface area contributed by atoms with Gasteiger partial charge in [-0.1, -0.05) is 13.3 Å². The van der Waals surface area contributed by atoms with Gasteiger partial charge in [0.2, 0.25) is 11.8 Å². The molecule has 0 aliphatic heterocycles. The van der Waals surface area contributed by atoms with Gasteiger partial charge < -0.3 is 10.2 Å². The first-order chi connectivity index (χ1) is 7.49. The first kappa shape index (κ1) is 14.9. The summed E-state index contributed by atoms with van der Waals surface area (Å²) in [4.78, 5) is 24.3. The van der Waals surface area contributed by atoms with Crippen molar-refractivity contribution < 1.29 is 9.59 Å². The highest BCUT2D eigenvalue weighted by molar-refractivity contribution is 5.83. The van der Waals surface area contributed by atoms with Crippen LogP contribution in [0, 0.1) is 0 Å². The number of carbonyl (C=O) groups excluding carboxylic acids is 2. The first-order valence-electron chi connectivity index (χ1n) is 5.70. The monoisotopic (exact) mass is 229 g/mol. The summed E-state index contributed by atoms with van der Waals surface area (Å²) in [6.07, 6.45) is 2.04. The molecule has 0 heterocycles. The molecule has 0 rings (SSSR count). The minimum atomic E-state index is -0.327. The summed E-state index contributed by atoms with van der Waals surface area (Å²) < 4.78 is 0. The third-order valence-electron chi connectivity index (χ3n) is 2.23. The van der Waals surface area contributed by atoms with Gasteiger partial charge in [0.25, 0.3) is 0 Å². The predicted octanol–water partition coefficient (Wildman–Crippen LogP) is -0.0310. The second-order valence-corrected chi connectivity index (χ2v) is 4.04. The molecule has 0 spiro atoms. The van der Waals surface area contributed by atoms with E-state index >= 15 is 0 Å². The number of amides is 2. The molecule has 2 amide bonds. The summed E-state index contributed by atoms with van der Waals surface area (Å²) in [5.74, 6) is -0.0896. The predicted molar refractivity (Wildman–Crippen MR) is 64.1 cm³/mol. The van der Waals surface area contributed by atoms with E-state index in [0.29, 0.717) is 6.54 Å². The van der Waals surface area contributed by atoms with Crippen LogP contribution >= 0.6 is 0 Å². The topological polar surface area (TPSA) is 61.4 Å². The number of carbonyl (C=O) groups is 2. The van der Waals surface area contributed by atoms with Gasteiger partial charge in [0.1, 0.15) is 0 Å². The Hall–Kier alpha value is -1.10. The summed E-state index contributed by atoms with van der Waals surface area (Å²) in [7, 11) is 3.39. The van der Waals surface area contributed by atoms with Crippen LogP contribution in [0.2, 0.25) is 0 Å². The van der Waals surface area contributed by atoms with Crippen LogP contribution in [0.1, 0.15) is 26.7 Å². The van der Waals surface area contributed by atoms with E-state index in [2.05, 4.69) is 17.6 Å². The van der Waals surface area contributed by atoms with E-state index in [-0.39, 0.29) is 24.4 Å². The van der Waals surface area contributed by atoms with E-state index in [4.69, 9.17) is 0 Å². The Labute approximate surface area is 97.6 Å². The average molecular weight is 229 g/mol. The molecule has 0 saturated carbocycles. The maximum absolute atomic E-state index is 11.4. The summed E-state index contributed by atoms with van der Waals surface area (Å²) in [5, 5.41) is 5.67. The highest BCUT2D eigenvalue weighted by Gasteiger charge is 2.14. The van der Waals surface area contributed by atoms with Crippen molar-refractivity contribution in [3.8, 4) is 0 Å². The summed E-state index contributed by atoms with van der Waals surface area (Å²) >= 11 is 0. The smallest absolute Gasteiger partial charge is 0.238 e. The standard InChI is InChI=1S/C11H23N3O2/c1-5-6-7-12-10(15)8-13-9(2)11(16)14(3)4/h9,13H,5-8H2,1-4H3,(H,12,15). The normalized spacial score (nSPS) is 12.0. The lowest BCUT2D eigenvalue weighted by molar-refractivity contribution is -0.130. The number of unbranched alkanes of at least 4 members (excludes halogenated alkanes) is 1. The Morgan fingerprint density at radius 2 is 1.94 bits per heavy atom. The first-order valence-corrected chi connectivity index (χ1v) is 5.70. The Bertz CT molecular complexity index is 229. The molecule has 0 radical (unpaired) electrons. The summed E-state index contributed by atoms with van der Waals surface area (Å²) in [6.45, 7) is 4.71. The van der Waals surface area contributed by atoms with Crippen molar-refractivity contribution in [1.82, 2.24) is 15.5 Å². The molecule has 5 nitrogen and oxygen atoms in total. The molecule has 0 saturated heterocycles. The quantitative estimate of drug-likeness (QED) is 0.603. The van der Waals surface area contributed by atoms with Crippen LogP contribution in [0.4, 0.5) is 0 Å². The number of rotatable bonds is 7. The Morgan fingerprint density at radius 1 is 1.31 bits per heavy atom. The van der Waals surface area contributed by atoms with Gasteiger partial charge in [-0.15, -0.1) is 0 Å². The second kappa shape index (κ2) is 8.10. The Balaban J connectivity index is 3.70. The molecule has 94 valence electrons. The molecule has 0 fully saturated rings. The third kappa shape index (κ3) is 6.40. The van der Waals surface area contributed by atoms with Crippen LogP contribution in [0.5, 0.6) is 0 Å². The summed E-state index contributed by atoms with van der Waals surface area (Å²) in [6, 6.07) is -0.327. The van der Waals surface area contributed by atoms with E-state index in [1.807, 2.05) is 0 Å². The maximum atomic E-state index is 11.4. The lowest BCUT2D eigenvalue weighted by Crippen LogP contribution is -2.45. The molecule has 0 aromatic rings. The molecular weight excluding hydrogens is 206 g/mol. The van der Waals surface area contributed by atoms with Crippen molar-refractivity contribution in [3.05, 3.63) is 0 Å². The van der Waals surface area contributed by atoms with Crippen molar-refractivity contribution in [2.75, 3.05) is 27.2 Å². The molecule has 16 heavy (non-hydrogen) atoms. The van der Waals surface area contributed by atoms with Crippen molar-refractivity contribution in [2.24, 2.45) is 0 Å². The SMILES string of the molecule is CCCCNC(=O)CNC(C)C(=O)N(C)C. The molecule has 0 bridgehead atoms. The van der Waals surface area contributed by atoms with Crippen LogP contribution in [-0.2, 0) is 9.59 Å². The van der Waals surface area contributed by atoms with Crippen LogP contribution in [-0.4, -0.2) is 49.9 Å². The number of hydrogen-bond donors (Lipinski definition) is 2. The Morgan fingerprint density at radius 3 is 2.44 bits per heavy atom. The largest absolute Gasteiger partial charge is 0.355 e. The average Bonchev–Trinajstić information content (AvgIpc) is 2.25. The van der Waals surface area contributed by atoms with Crippen molar-refractivity contribution >= 4 is 11.8 Å². The Kier molecular flexibility index (Phi) is 7.54. The van der Waals surface area contributed by atoms with Crippen LogP contribution in [0.15, 0.2) is 0 Å². The second-order valence-electron chi connectivity index (χ2n) is 4.04. The zero-order chi connectivity index (χ0) is 12.6. The van der Waals surface area contributed by atoms with Crippen LogP contribution in [0.3, 0.4) is 0 Å². The van der Waals surface area contributed by atoms with E-state index < -0.39 is 0 Å². The van der Waals surface area contributed by atoms with E-state index in [9.17, 15) is 9.59 Å². The molecule has 0 aliphatic rings. The van der Waals surface area contributed by atoms with Crippen molar-refractivity contribution in [3.63, 3.8) is 0 Å². The highest BCUT2D eigenvalue weighted by atomic mass is 16.2. The fourth-order valence-electron chi connectivity index (χ4n) is 1.19. The van der Waals surface area contributed by atoms with Gasteiger partial charge in [0.05, 0.1) is 12.6 Å². The molecule has 2 N–H and O–H groups in total. The number of nitrogens with zero attached hydrogens (tertiary/aromatic N) is 1. The van der Waals surface area contributed by atoms with Gasteiger partial charge in [-0.05, 0) is 13.3 Å². The molecule has 0 aliphatic carbocycles. The third-order valence-corrected chi connectivity index (χ3v) is 2.23. The highest BCUT2D eigenvalue weighted by Crippen LogP contribution is 1.88. The molecule has 1 atom stereocenters. The van der Waals surface area contributed by atoms with Gasteiger partial charge in [0.15, 0.2) is 0 Å². The molecule has 1 unspecified atom stereocenters.